The van der Waals surface area contributed by atoms with Crippen molar-refractivity contribution >= 4 is 27.5 Å². The average molecular weight is 392 g/mol. The van der Waals surface area contributed by atoms with Crippen molar-refractivity contribution in [1.82, 2.24) is 25.1 Å². The molecular formula is C19H29N5O2S. The minimum atomic E-state index is -0.0464. The number of aromatic nitrogens is 2. The Morgan fingerprint density at radius 3 is 2.67 bits per heavy atom. The summed E-state index contributed by atoms with van der Waals surface area (Å²) in [4.78, 5) is 38.6. The first-order valence-corrected chi connectivity index (χ1v) is 10.4. The van der Waals surface area contributed by atoms with Crippen LogP contribution in [0, 0.1) is 13.8 Å². The second-order valence-electron chi connectivity index (χ2n) is 7.25. The predicted octanol–water partition coefficient (Wildman–Crippen LogP) is 1.81. The smallest absolute Gasteiger partial charge is 0.259 e. The van der Waals surface area contributed by atoms with Crippen LogP contribution in [-0.2, 0) is 4.79 Å². The third kappa shape index (κ3) is 4.39. The Bertz CT molecular complexity index is 867. The van der Waals surface area contributed by atoms with Crippen LogP contribution in [0.3, 0.4) is 0 Å². The predicted molar refractivity (Wildman–Crippen MR) is 109 cm³/mol. The minimum Gasteiger partial charge on any atom is -0.355 e. The largest absolute Gasteiger partial charge is 0.355 e. The Labute approximate surface area is 163 Å². The maximum absolute atomic E-state index is 12.5. The van der Waals surface area contributed by atoms with Crippen LogP contribution in [0.25, 0.3) is 10.2 Å². The first-order valence-electron chi connectivity index (χ1n) is 9.63. The molecule has 0 saturated carbocycles. The van der Waals surface area contributed by atoms with E-state index in [-0.39, 0.29) is 17.5 Å². The normalized spacial score (nSPS) is 17.3. The summed E-state index contributed by atoms with van der Waals surface area (Å²) >= 11 is 1.58. The van der Waals surface area contributed by atoms with Gasteiger partial charge in [0.1, 0.15) is 10.7 Å². The molecule has 0 spiro atoms. The maximum atomic E-state index is 12.5. The molecule has 0 radical (unpaired) electrons. The molecule has 0 bridgehead atoms. The van der Waals surface area contributed by atoms with Crippen molar-refractivity contribution in [3.8, 4) is 0 Å². The van der Waals surface area contributed by atoms with Crippen molar-refractivity contribution in [1.29, 1.82) is 0 Å². The molecule has 2 aromatic heterocycles. The van der Waals surface area contributed by atoms with Gasteiger partial charge < -0.3 is 10.3 Å². The van der Waals surface area contributed by atoms with E-state index in [9.17, 15) is 9.59 Å². The summed E-state index contributed by atoms with van der Waals surface area (Å²) in [7, 11) is 0. The van der Waals surface area contributed by atoms with E-state index in [4.69, 9.17) is 4.98 Å². The molecule has 1 amide bonds. The molecule has 1 aliphatic heterocycles. The number of carbonyl (C=O) groups excluding carboxylic acids is 1. The summed E-state index contributed by atoms with van der Waals surface area (Å²) in [6, 6.07) is 0.0425. The van der Waals surface area contributed by atoms with Gasteiger partial charge in [-0.3, -0.25) is 19.4 Å². The zero-order valence-electron chi connectivity index (χ0n) is 16.6. The second kappa shape index (κ2) is 8.50. The first kappa shape index (κ1) is 20.0. The van der Waals surface area contributed by atoms with Gasteiger partial charge >= 0.3 is 0 Å². The Morgan fingerprint density at radius 1 is 1.30 bits per heavy atom. The van der Waals surface area contributed by atoms with Gasteiger partial charge in [0.25, 0.3) is 5.56 Å². The number of nitrogens with one attached hydrogen (secondary N) is 2. The highest BCUT2D eigenvalue weighted by Crippen LogP contribution is 2.27. The van der Waals surface area contributed by atoms with Crippen molar-refractivity contribution in [2.75, 3.05) is 39.3 Å². The molecule has 0 aromatic carbocycles. The van der Waals surface area contributed by atoms with E-state index in [2.05, 4.69) is 33.9 Å². The third-order valence-corrected chi connectivity index (χ3v) is 6.45. The van der Waals surface area contributed by atoms with Crippen LogP contribution >= 0.6 is 11.3 Å². The van der Waals surface area contributed by atoms with Crippen LogP contribution in [0.4, 0.5) is 0 Å². The van der Waals surface area contributed by atoms with Crippen molar-refractivity contribution in [2.45, 2.75) is 40.2 Å². The maximum Gasteiger partial charge on any atom is 0.259 e. The molecule has 148 valence electrons. The van der Waals surface area contributed by atoms with Gasteiger partial charge in [-0.15, -0.1) is 11.3 Å². The number of nitrogens with zero attached hydrogens (tertiary/aromatic N) is 3. The summed E-state index contributed by atoms with van der Waals surface area (Å²) in [5.41, 5.74) is 0.979. The SMILES string of the molecule is CCCNC(=O)CN1CCN(C(C)c2nc3sc(C)c(C)c3c(=O)[nH]2)CC1. The van der Waals surface area contributed by atoms with Gasteiger partial charge in [0.15, 0.2) is 0 Å². The lowest BCUT2D eigenvalue weighted by atomic mass is 10.2. The lowest BCUT2D eigenvalue weighted by molar-refractivity contribution is -0.122. The van der Waals surface area contributed by atoms with Crippen molar-refractivity contribution in [3.05, 3.63) is 26.6 Å². The van der Waals surface area contributed by atoms with Crippen molar-refractivity contribution in [2.24, 2.45) is 0 Å². The molecule has 1 saturated heterocycles. The molecule has 8 heteroatoms. The van der Waals surface area contributed by atoms with Gasteiger partial charge in [-0.1, -0.05) is 6.92 Å². The van der Waals surface area contributed by atoms with Gasteiger partial charge in [-0.2, -0.15) is 0 Å². The second-order valence-corrected chi connectivity index (χ2v) is 8.46. The fraction of sp³-hybridized carbons (Fsp3) is 0.632. The summed E-state index contributed by atoms with van der Waals surface area (Å²) in [5.74, 6) is 0.820. The molecule has 1 unspecified atom stereocenters. The zero-order chi connectivity index (χ0) is 19.6. The lowest BCUT2D eigenvalue weighted by Gasteiger charge is -2.37. The highest BCUT2D eigenvalue weighted by molar-refractivity contribution is 7.18. The summed E-state index contributed by atoms with van der Waals surface area (Å²) in [6.45, 7) is 12.7. The van der Waals surface area contributed by atoms with Gasteiger partial charge in [0.2, 0.25) is 5.91 Å². The molecule has 0 aliphatic carbocycles. The van der Waals surface area contributed by atoms with E-state index in [0.29, 0.717) is 6.54 Å². The van der Waals surface area contributed by atoms with Crippen LogP contribution in [-0.4, -0.2) is 64.9 Å². The fourth-order valence-corrected chi connectivity index (χ4v) is 4.51. The number of rotatable bonds is 6. The summed E-state index contributed by atoms with van der Waals surface area (Å²) in [6.07, 6.45) is 0.954. The Morgan fingerprint density at radius 2 is 2.00 bits per heavy atom. The molecule has 2 N–H and O–H groups in total. The van der Waals surface area contributed by atoms with E-state index in [0.717, 1.165) is 65.6 Å². The molecule has 1 aliphatic rings. The lowest BCUT2D eigenvalue weighted by Crippen LogP contribution is -2.50. The molecule has 3 heterocycles. The third-order valence-electron chi connectivity index (χ3n) is 5.35. The van der Waals surface area contributed by atoms with Gasteiger partial charge in [-0.25, -0.2) is 4.98 Å². The number of aromatic amines is 1. The highest BCUT2D eigenvalue weighted by atomic mass is 32.1. The van der Waals surface area contributed by atoms with E-state index in [1.54, 1.807) is 11.3 Å². The van der Waals surface area contributed by atoms with Gasteiger partial charge in [0, 0.05) is 37.6 Å². The van der Waals surface area contributed by atoms with E-state index in [1.807, 2.05) is 13.8 Å². The quantitative estimate of drug-likeness (QED) is 0.785. The molecule has 1 atom stereocenters. The number of thiophene rings is 1. The van der Waals surface area contributed by atoms with Crippen molar-refractivity contribution in [3.63, 3.8) is 0 Å². The fourth-order valence-electron chi connectivity index (χ4n) is 3.47. The van der Waals surface area contributed by atoms with Crippen LogP contribution in [0.2, 0.25) is 0 Å². The summed E-state index contributed by atoms with van der Waals surface area (Å²) < 4.78 is 0. The Balaban J connectivity index is 1.64. The number of hydrogen-bond acceptors (Lipinski definition) is 6. The van der Waals surface area contributed by atoms with Gasteiger partial charge in [0.05, 0.1) is 18.0 Å². The number of fused-ring (bicyclic) bond motifs is 1. The first-order chi connectivity index (χ1) is 12.9. The highest BCUT2D eigenvalue weighted by Gasteiger charge is 2.25. The van der Waals surface area contributed by atoms with E-state index in [1.165, 1.54) is 0 Å². The molecule has 1 fully saturated rings. The number of aryl methyl sites for hydroxylation is 2. The van der Waals surface area contributed by atoms with E-state index < -0.39 is 0 Å². The minimum absolute atomic E-state index is 0.0425. The van der Waals surface area contributed by atoms with Crippen molar-refractivity contribution < 1.29 is 4.79 Å². The topological polar surface area (TPSA) is 81.3 Å². The number of amides is 1. The monoisotopic (exact) mass is 391 g/mol. The average Bonchev–Trinajstić information content (AvgIpc) is 2.94. The molecular weight excluding hydrogens is 362 g/mol. The number of hydrogen-bond donors (Lipinski definition) is 2. The summed E-state index contributed by atoms with van der Waals surface area (Å²) in [5, 5.41) is 3.65. The van der Waals surface area contributed by atoms with E-state index >= 15 is 0 Å². The number of H-pyrrole nitrogens is 1. The zero-order valence-corrected chi connectivity index (χ0v) is 17.4. The number of piperazine rings is 1. The Hall–Kier alpha value is -1.77. The van der Waals surface area contributed by atoms with Crippen LogP contribution < -0.4 is 10.9 Å². The number of carbonyl (C=O) groups is 1. The van der Waals surface area contributed by atoms with Gasteiger partial charge in [-0.05, 0) is 32.8 Å². The molecule has 7 nitrogen and oxygen atoms in total. The van der Waals surface area contributed by atoms with Crippen LogP contribution in [0.5, 0.6) is 0 Å². The van der Waals surface area contributed by atoms with Crippen LogP contribution in [0.1, 0.15) is 42.6 Å². The molecule has 27 heavy (non-hydrogen) atoms. The standard InChI is InChI=1S/C19H29N5O2S/c1-5-6-20-15(25)11-23-7-9-24(10-8-23)13(3)17-21-18(26)16-12(2)14(4)27-19(16)22-17/h13H,5-11H2,1-4H3,(H,20,25)(H,21,22,26). The Kier molecular flexibility index (Phi) is 6.29. The van der Waals surface area contributed by atoms with Crippen LogP contribution in [0.15, 0.2) is 4.79 Å². The molecule has 2 aromatic rings. The molecule has 3 rings (SSSR count).